The molecule has 1 unspecified atom stereocenters. The van der Waals surface area contributed by atoms with Crippen LogP contribution in [-0.4, -0.2) is 62.8 Å². The minimum Gasteiger partial charge on any atom is -0.507 e. The summed E-state index contributed by atoms with van der Waals surface area (Å²) in [7, 11) is 0. The van der Waals surface area contributed by atoms with Crippen LogP contribution < -0.4 is 4.90 Å². The molecule has 3 aromatic rings. The zero-order chi connectivity index (χ0) is 22.9. The molecule has 1 aliphatic rings. The number of amides is 1. The van der Waals surface area contributed by atoms with Gasteiger partial charge in [-0.15, -0.1) is 0 Å². The number of aliphatic hydroxyl groups is 1. The summed E-state index contributed by atoms with van der Waals surface area (Å²) in [6, 6.07) is 13.2. The third kappa shape index (κ3) is 4.53. The van der Waals surface area contributed by atoms with Crippen molar-refractivity contribution in [2.45, 2.75) is 39.2 Å². The SMILES string of the molecule is CCC(C)(O)CC(=O)N1CCN(c2nc(-c3ccccc3O)nc3cc(C)ccc23)CC1.[HH]. The highest BCUT2D eigenvalue weighted by Gasteiger charge is 2.29. The number of phenolic OH excluding ortho intramolecular Hbond substituents is 1. The van der Waals surface area contributed by atoms with Crippen LogP contribution in [0.2, 0.25) is 0 Å². The quantitative estimate of drug-likeness (QED) is 0.633. The van der Waals surface area contributed by atoms with Crippen molar-refractivity contribution in [3.8, 4) is 17.1 Å². The van der Waals surface area contributed by atoms with Crippen molar-refractivity contribution in [2.24, 2.45) is 0 Å². The van der Waals surface area contributed by atoms with Gasteiger partial charge in [-0.25, -0.2) is 9.97 Å². The lowest BCUT2D eigenvalue weighted by Gasteiger charge is -2.37. The molecule has 1 fully saturated rings. The molecule has 1 saturated heterocycles. The van der Waals surface area contributed by atoms with E-state index in [1.54, 1.807) is 19.1 Å². The summed E-state index contributed by atoms with van der Waals surface area (Å²) < 4.78 is 0. The number of rotatable bonds is 5. The molecule has 7 nitrogen and oxygen atoms in total. The van der Waals surface area contributed by atoms with Crippen molar-refractivity contribution in [2.75, 3.05) is 31.1 Å². The van der Waals surface area contributed by atoms with Crippen LogP contribution in [0.1, 0.15) is 33.7 Å². The molecule has 1 aromatic heterocycles. The fourth-order valence-electron chi connectivity index (χ4n) is 3.98. The van der Waals surface area contributed by atoms with Crippen LogP contribution >= 0.6 is 0 Å². The molecule has 4 rings (SSSR count). The molecule has 7 heteroatoms. The Balaban J connectivity index is 0.00000306. The summed E-state index contributed by atoms with van der Waals surface area (Å²) in [6.07, 6.45) is 0.677. The van der Waals surface area contributed by atoms with E-state index in [1.165, 1.54) is 0 Å². The zero-order valence-electron chi connectivity index (χ0n) is 18.9. The van der Waals surface area contributed by atoms with E-state index >= 15 is 0 Å². The molecular formula is C25H32N4O3. The minimum atomic E-state index is -0.971. The van der Waals surface area contributed by atoms with Gasteiger partial charge in [0.2, 0.25) is 5.91 Å². The lowest BCUT2D eigenvalue weighted by molar-refractivity contribution is -0.136. The monoisotopic (exact) mass is 436 g/mol. The Bertz CT molecular complexity index is 1140. The van der Waals surface area contributed by atoms with Crippen molar-refractivity contribution in [1.82, 2.24) is 14.9 Å². The molecule has 170 valence electrons. The molecular weight excluding hydrogens is 404 g/mol. The van der Waals surface area contributed by atoms with Crippen molar-refractivity contribution < 1.29 is 16.4 Å². The van der Waals surface area contributed by atoms with Crippen LogP contribution in [0.5, 0.6) is 5.75 Å². The molecule has 0 spiro atoms. The molecule has 0 saturated carbocycles. The summed E-state index contributed by atoms with van der Waals surface area (Å²) >= 11 is 0. The first kappa shape index (κ1) is 22.0. The second kappa shape index (κ2) is 8.74. The maximum Gasteiger partial charge on any atom is 0.225 e. The lowest BCUT2D eigenvalue weighted by Crippen LogP contribution is -2.50. The number of phenols is 1. The molecule has 0 radical (unpaired) electrons. The van der Waals surface area contributed by atoms with Gasteiger partial charge in [-0.05, 0) is 50.1 Å². The van der Waals surface area contributed by atoms with E-state index in [-0.39, 0.29) is 19.5 Å². The first-order valence-corrected chi connectivity index (χ1v) is 11.1. The van der Waals surface area contributed by atoms with Crippen molar-refractivity contribution in [3.05, 3.63) is 48.0 Å². The fraction of sp³-hybridized carbons (Fsp3) is 0.400. The number of aromatic hydroxyl groups is 1. The van der Waals surface area contributed by atoms with Crippen LogP contribution in [0.25, 0.3) is 22.3 Å². The van der Waals surface area contributed by atoms with Gasteiger partial charge >= 0.3 is 0 Å². The Morgan fingerprint density at radius 2 is 1.84 bits per heavy atom. The number of hydrogen-bond donors (Lipinski definition) is 2. The Labute approximate surface area is 189 Å². The molecule has 1 atom stereocenters. The van der Waals surface area contributed by atoms with Crippen LogP contribution in [0.15, 0.2) is 42.5 Å². The second-order valence-corrected chi connectivity index (χ2v) is 8.80. The van der Waals surface area contributed by atoms with Gasteiger partial charge in [0, 0.05) is 33.0 Å². The van der Waals surface area contributed by atoms with Gasteiger partial charge in [-0.2, -0.15) is 0 Å². The molecule has 1 amide bonds. The standard InChI is InChI=1S/C25H30N4O3.H2/c1-4-25(3,32)16-22(31)28-11-13-29(14-12-28)24-18-10-9-17(2)15-20(18)26-23(27-24)19-7-5-6-8-21(19)30;/h5-10,15,30,32H,4,11-14,16H2,1-3H3;1H. The highest BCUT2D eigenvalue weighted by molar-refractivity contribution is 5.92. The van der Waals surface area contributed by atoms with E-state index in [1.807, 2.05) is 49.1 Å². The summed E-state index contributed by atoms with van der Waals surface area (Å²) in [6.45, 7) is 8.03. The maximum atomic E-state index is 12.6. The van der Waals surface area contributed by atoms with E-state index in [9.17, 15) is 15.0 Å². The number of hydrogen-bond acceptors (Lipinski definition) is 6. The van der Waals surface area contributed by atoms with Gasteiger partial charge in [0.05, 0.1) is 23.1 Å². The largest absolute Gasteiger partial charge is 0.507 e. The first-order valence-electron chi connectivity index (χ1n) is 11.1. The smallest absolute Gasteiger partial charge is 0.225 e. The van der Waals surface area contributed by atoms with Crippen molar-refractivity contribution in [3.63, 3.8) is 0 Å². The fourth-order valence-corrected chi connectivity index (χ4v) is 3.98. The molecule has 32 heavy (non-hydrogen) atoms. The minimum absolute atomic E-state index is 0. The first-order chi connectivity index (χ1) is 15.3. The van der Waals surface area contributed by atoms with Crippen molar-refractivity contribution in [1.29, 1.82) is 0 Å². The number of piperazine rings is 1. The maximum absolute atomic E-state index is 12.6. The molecule has 0 aliphatic carbocycles. The van der Waals surface area contributed by atoms with Crippen LogP contribution in [-0.2, 0) is 4.79 Å². The molecule has 2 N–H and O–H groups in total. The highest BCUT2D eigenvalue weighted by atomic mass is 16.3. The van der Waals surface area contributed by atoms with E-state index in [0.29, 0.717) is 44.0 Å². The highest BCUT2D eigenvalue weighted by Crippen LogP contribution is 2.32. The molecule has 2 heterocycles. The number of aromatic nitrogens is 2. The molecule has 0 bridgehead atoms. The number of carbonyl (C=O) groups is 1. The number of anilines is 1. The van der Waals surface area contributed by atoms with Gasteiger partial charge < -0.3 is 20.0 Å². The normalized spacial score (nSPS) is 16.2. The summed E-state index contributed by atoms with van der Waals surface area (Å²) in [5.41, 5.74) is 1.55. The summed E-state index contributed by atoms with van der Waals surface area (Å²) in [4.78, 5) is 26.2. The number of para-hydroxylation sites is 1. The van der Waals surface area contributed by atoms with E-state index in [2.05, 4.69) is 4.90 Å². The lowest BCUT2D eigenvalue weighted by atomic mass is 9.98. The Kier molecular flexibility index (Phi) is 6.02. The third-order valence-corrected chi connectivity index (χ3v) is 6.20. The third-order valence-electron chi connectivity index (χ3n) is 6.20. The Morgan fingerprint density at radius 1 is 1.12 bits per heavy atom. The number of nitrogens with zero attached hydrogens (tertiary/aromatic N) is 4. The van der Waals surface area contributed by atoms with E-state index < -0.39 is 5.60 Å². The van der Waals surface area contributed by atoms with Crippen LogP contribution in [0.4, 0.5) is 5.82 Å². The predicted octanol–water partition coefficient (Wildman–Crippen LogP) is 3.76. The zero-order valence-corrected chi connectivity index (χ0v) is 18.9. The number of benzene rings is 2. The second-order valence-electron chi connectivity index (χ2n) is 8.80. The van der Waals surface area contributed by atoms with Crippen molar-refractivity contribution >= 4 is 22.6 Å². The van der Waals surface area contributed by atoms with Crippen LogP contribution in [0.3, 0.4) is 0 Å². The van der Waals surface area contributed by atoms with Gasteiger partial charge in [-0.3, -0.25) is 4.79 Å². The predicted molar refractivity (Wildman–Crippen MR) is 128 cm³/mol. The molecule has 2 aromatic carbocycles. The van der Waals surface area contributed by atoms with Gasteiger partial charge in [0.25, 0.3) is 0 Å². The number of fused-ring (bicyclic) bond motifs is 1. The number of carbonyl (C=O) groups excluding carboxylic acids is 1. The summed E-state index contributed by atoms with van der Waals surface area (Å²) in [5, 5.41) is 21.6. The molecule has 1 aliphatic heterocycles. The Hall–Kier alpha value is -3.19. The Morgan fingerprint density at radius 3 is 2.53 bits per heavy atom. The summed E-state index contributed by atoms with van der Waals surface area (Å²) in [5.74, 6) is 1.41. The average molecular weight is 437 g/mol. The number of aryl methyl sites for hydroxylation is 1. The van der Waals surface area contributed by atoms with E-state index in [4.69, 9.17) is 9.97 Å². The van der Waals surface area contributed by atoms with Crippen LogP contribution in [0, 0.1) is 6.92 Å². The van der Waals surface area contributed by atoms with Gasteiger partial charge in [0.15, 0.2) is 5.82 Å². The van der Waals surface area contributed by atoms with Gasteiger partial charge in [0.1, 0.15) is 11.6 Å². The van der Waals surface area contributed by atoms with E-state index in [0.717, 1.165) is 22.3 Å². The average Bonchev–Trinajstić information content (AvgIpc) is 2.78. The topological polar surface area (TPSA) is 89.8 Å². The van der Waals surface area contributed by atoms with Gasteiger partial charge in [-0.1, -0.05) is 25.1 Å².